The first-order valence-electron chi connectivity index (χ1n) is 9.17. The molecule has 158 valence electrons. The molecule has 30 heavy (non-hydrogen) atoms. The molecule has 1 N–H and O–H groups in total. The summed E-state index contributed by atoms with van der Waals surface area (Å²) in [6, 6.07) is 8.03. The Labute approximate surface area is 175 Å². The van der Waals surface area contributed by atoms with Crippen molar-refractivity contribution < 1.29 is 18.0 Å². The highest BCUT2D eigenvalue weighted by Crippen LogP contribution is 2.30. The summed E-state index contributed by atoms with van der Waals surface area (Å²) < 4.78 is 39.8. The van der Waals surface area contributed by atoms with Crippen LogP contribution in [0.15, 0.2) is 53.9 Å². The minimum atomic E-state index is -4.41. The first-order chi connectivity index (χ1) is 14.2. The molecule has 3 rings (SSSR count). The summed E-state index contributed by atoms with van der Waals surface area (Å²) in [4.78, 5) is 16.4. The van der Waals surface area contributed by atoms with E-state index in [0.717, 1.165) is 17.7 Å². The van der Waals surface area contributed by atoms with Crippen molar-refractivity contribution in [3.05, 3.63) is 54.4 Å². The van der Waals surface area contributed by atoms with E-state index in [9.17, 15) is 18.0 Å². The van der Waals surface area contributed by atoms with Crippen LogP contribution in [0.1, 0.15) is 19.4 Å². The third-order valence-corrected chi connectivity index (χ3v) is 4.98. The highest BCUT2D eigenvalue weighted by Gasteiger charge is 2.30. The van der Waals surface area contributed by atoms with Crippen LogP contribution in [0.25, 0.3) is 11.4 Å². The molecule has 1 aromatic carbocycles. The lowest BCUT2D eigenvalue weighted by Gasteiger charge is -2.12. The standard InChI is InChI=1S/C20H20F3N5OS/c1-13(2)11-28-18(14-4-3-9-24-10-14)26-27-19(28)30-12-17(29)25-16-7-5-15(6-8-16)20(21,22)23/h3-10,13H,11-12H2,1-2H3,(H,25,29). The molecule has 2 aromatic heterocycles. The number of thioether (sulfide) groups is 1. The van der Waals surface area contributed by atoms with E-state index in [1.54, 1.807) is 12.4 Å². The SMILES string of the molecule is CC(C)Cn1c(SCC(=O)Nc2ccc(C(F)(F)F)cc2)nnc1-c1cccnc1. The Morgan fingerprint density at radius 3 is 2.50 bits per heavy atom. The zero-order chi connectivity index (χ0) is 21.7. The lowest BCUT2D eigenvalue weighted by Crippen LogP contribution is -2.15. The van der Waals surface area contributed by atoms with Gasteiger partial charge in [0.15, 0.2) is 11.0 Å². The molecule has 3 aromatic rings. The van der Waals surface area contributed by atoms with Crippen LogP contribution in [-0.4, -0.2) is 31.4 Å². The summed E-state index contributed by atoms with van der Waals surface area (Å²) in [6.45, 7) is 4.80. The van der Waals surface area contributed by atoms with E-state index in [1.165, 1.54) is 23.9 Å². The molecule has 0 fully saturated rings. The van der Waals surface area contributed by atoms with Gasteiger partial charge in [-0.25, -0.2) is 0 Å². The number of nitrogens with one attached hydrogen (secondary N) is 1. The Morgan fingerprint density at radius 1 is 1.17 bits per heavy atom. The summed E-state index contributed by atoms with van der Waals surface area (Å²) in [7, 11) is 0. The molecule has 0 bridgehead atoms. The molecule has 0 aliphatic heterocycles. The number of halogens is 3. The van der Waals surface area contributed by atoms with Gasteiger partial charge in [0.1, 0.15) is 0 Å². The van der Waals surface area contributed by atoms with Gasteiger partial charge >= 0.3 is 6.18 Å². The van der Waals surface area contributed by atoms with E-state index < -0.39 is 11.7 Å². The zero-order valence-electron chi connectivity index (χ0n) is 16.3. The van der Waals surface area contributed by atoms with Crippen molar-refractivity contribution in [2.24, 2.45) is 5.92 Å². The highest BCUT2D eigenvalue weighted by molar-refractivity contribution is 7.99. The summed E-state index contributed by atoms with van der Waals surface area (Å²) in [5, 5.41) is 11.6. The Kier molecular flexibility index (Phi) is 6.76. The van der Waals surface area contributed by atoms with Crippen molar-refractivity contribution in [3.63, 3.8) is 0 Å². The molecule has 2 heterocycles. The molecular weight excluding hydrogens is 415 g/mol. The number of amides is 1. The molecule has 0 radical (unpaired) electrons. The van der Waals surface area contributed by atoms with Gasteiger partial charge in [-0.05, 0) is 42.3 Å². The van der Waals surface area contributed by atoms with Gasteiger partial charge in [-0.15, -0.1) is 10.2 Å². The first-order valence-corrected chi connectivity index (χ1v) is 10.2. The molecule has 0 saturated carbocycles. The number of benzene rings is 1. The first kappa shape index (κ1) is 21.8. The lowest BCUT2D eigenvalue weighted by molar-refractivity contribution is -0.137. The monoisotopic (exact) mass is 435 g/mol. The number of nitrogens with zero attached hydrogens (tertiary/aromatic N) is 4. The van der Waals surface area contributed by atoms with Crippen LogP contribution in [0.2, 0.25) is 0 Å². The second kappa shape index (κ2) is 9.29. The Bertz CT molecular complexity index is 988. The molecule has 0 spiro atoms. The van der Waals surface area contributed by atoms with Gasteiger partial charge in [0, 0.05) is 30.2 Å². The van der Waals surface area contributed by atoms with Crippen molar-refractivity contribution in [1.29, 1.82) is 0 Å². The molecule has 0 unspecified atom stereocenters. The van der Waals surface area contributed by atoms with Crippen LogP contribution < -0.4 is 5.32 Å². The topological polar surface area (TPSA) is 72.7 Å². The van der Waals surface area contributed by atoms with Gasteiger partial charge in [0.2, 0.25) is 5.91 Å². The second-order valence-electron chi connectivity index (χ2n) is 6.96. The number of carbonyl (C=O) groups is 1. The number of anilines is 1. The molecule has 1 amide bonds. The Balaban J connectivity index is 1.68. The van der Waals surface area contributed by atoms with Crippen molar-refractivity contribution in [2.45, 2.75) is 31.7 Å². The maximum atomic E-state index is 12.6. The maximum absolute atomic E-state index is 12.6. The van der Waals surface area contributed by atoms with Crippen molar-refractivity contribution >= 4 is 23.4 Å². The van der Waals surface area contributed by atoms with Gasteiger partial charge in [-0.2, -0.15) is 13.2 Å². The van der Waals surface area contributed by atoms with E-state index in [0.29, 0.717) is 29.1 Å². The van der Waals surface area contributed by atoms with Gasteiger partial charge in [0.05, 0.1) is 11.3 Å². The normalized spacial score (nSPS) is 11.7. The molecule has 0 aliphatic carbocycles. The maximum Gasteiger partial charge on any atom is 0.416 e. The number of carbonyl (C=O) groups excluding carboxylic acids is 1. The fourth-order valence-corrected chi connectivity index (χ4v) is 3.45. The molecule has 0 atom stereocenters. The smallest absolute Gasteiger partial charge is 0.325 e. The lowest BCUT2D eigenvalue weighted by atomic mass is 10.2. The largest absolute Gasteiger partial charge is 0.416 e. The molecule has 0 aliphatic rings. The quantitative estimate of drug-likeness (QED) is 0.543. The number of pyridine rings is 1. The number of aromatic nitrogens is 4. The van der Waals surface area contributed by atoms with E-state index in [4.69, 9.17) is 0 Å². The number of alkyl halides is 3. The molecule has 10 heteroatoms. The fourth-order valence-electron chi connectivity index (χ4n) is 2.70. The summed E-state index contributed by atoms with van der Waals surface area (Å²) in [6.07, 6.45) is -1.04. The number of hydrogen-bond acceptors (Lipinski definition) is 5. The number of rotatable bonds is 7. The van der Waals surface area contributed by atoms with Crippen molar-refractivity contribution in [1.82, 2.24) is 19.7 Å². The van der Waals surface area contributed by atoms with Crippen LogP contribution in [0.4, 0.5) is 18.9 Å². The Hall–Kier alpha value is -2.88. The van der Waals surface area contributed by atoms with Crippen LogP contribution in [-0.2, 0) is 17.5 Å². The summed E-state index contributed by atoms with van der Waals surface area (Å²) in [5.41, 5.74) is 0.361. The zero-order valence-corrected chi connectivity index (χ0v) is 17.2. The predicted molar refractivity (Wildman–Crippen MR) is 109 cm³/mol. The third-order valence-electron chi connectivity index (χ3n) is 4.01. The minimum absolute atomic E-state index is 0.0459. The second-order valence-corrected chi connectivity index (χ2v) is 7.91. The average Bonchev–Trinajstić information content (AvgIpc) is 3.08. The summed E-state index contributed by atoms with van der Waals surface area (Å²) in [5.74, 6) is 0.700. The van der Waals surface area contributed by atoms with Gasteiger partial charge in [0.25, 0.3) is 0 Å². The van der Waals surface area contributed by atoms with Gasteiger partial charge in [-0.3, -0.25) is 9.78 Å². The average molecular weight is 435 g/mol. The Morgan fingerprint density at radius 2 is 1.90 bits per heavy atom. The number of hydrogen-bond donors (Lipinski definition) is 1. The van der Waals surface area contributed by atoms with E-state index in [-0.39, 0.29) is 11.7 Å². The van der Waals surface area contributed by atoms with Crippen LogP contribution in [0, 0.1) is 5.92 Å². The van der Waals surface area contributed by atoms with Crippen LogP contribution in [0.5, 0.6) is 0 Å². The fraction of sp³-hybridized carbons (Fsp3) is 0.300. The predicted octanol–water partition coefficient (Wildman–Crippen LogP) is 4.75. The molecular formula is C20H20F3N5OS. The summed E-state index contributed by atoms with van der Waals surface area (Å²) >= 11 is 1.22. The minimum Gasteiger partial charge on any atom is -0.325 e. The van der Waals surface area contributed by atoms with Crippen LogP contribution >= 0.6 is 11.8 Å². The van der Waals surface area contributed by atoms with Crippen LogP contribution in [0.3, 0.4) is 0 Å². The van der Waals surface area contributed by atoms with Gasteiger partial charge in [-0.1, -0.05) is 25.6 Å². The van der Waals surface area contributed by atoms with Crippen molar-refractivity contribution in [2.75, 3.05) is 11.1 Å². The molecule has 0 saturated heterocycles. The van der Waals surface area contributed by atoms with E-state index in [2.05, 4.69) is 34.3 Å². The highest BCUT2D eigenvalue weighted by atomic mass is 32.2. The third kappa shape index (κ3) is 5.59. The molecule has 6 nitrogen and oxygen atoms in total. The van der Waals surface area contributed by atoms with E-state index in [1.807, 2.05) is 16.7 Å². The van der Waals surface area contributed by atoms with E-state index >= 15 is 0 Å². The van der Waals surface area contributed by atoms with Gasteiger partial charge < -0.3 is 9.88 Å². The van der Waals surface area contributed by atoms with Crippen molar-refractivity contribution in [3.8, 4) is 11.4 Å².